The van der Waals surface area contributed by atoms with Gasteiger partial charge in [0.2, 0.25) is 0 Å². The number of nitro groups is 1. The van der Waals surface area contributed by atoms with Gasteiger partial charge in [-0.05, 0) is 24.3 Å². The molecule has 0 fully saturated rings. The number of rotatable bonds is 3. The van der Waals surface area contributed by atoms with E-state index in [-0.39, 0.29) is 16.3 Å². The Bertz CT molecular complexity index is 914. The zero-order chi connectivity index (χ0) is 18.8. The summed E-state index contributed by atoms with van der Waals surface area (Å²) in [6.45, 7) is -0.765. The van der Waals surface area contributed by atoms with Crippen molar-refractivity contribution >= 4 is 34.8 Å². The number of anilines is 3. The van der Waals surface area contributed by atoms with Crippen molar-refractivity contribution in [2.75, 3.05) is 16.8 Å². The van der Waals surface area contributed by atoms with Crippen LogP contribution in [0.4, 0.5) is 17.1 Å². The fourth-order valence-electron chi connectivity index (χ4n) is 2.65. The van der Waals surface area contributed by atoms with Crippen molar-refractivity contribution in [1.82, 2.24) is 5.01 Å². The predicted octanol–water partition coefficient (Wildman–Crippen LogP) is 1.30. The summed E-state index contributed by atoms with van der Waals surface area (Å²) in [5.41, 5.74) is 6.47. The Morgan fingerprint density at radius 3 is 2.46 bits per heavy atom. The van der Waals surface area contributed by atoms with Gasteiger partial charge >= 0.3 is 0 Å². The zero-order valence-corrected chi connectivity index (χ0v) is 13.4. The number of fused-ring (bicyclic) bond motifs is 2. The van der Waals surface area contributed by atoms with Crippen LogP contribution in [-0.2, 0) is 4.79 Å². The monoisotopic (exact) mass is 354 g/mol. The van der Waals surface area contributed by atoms with Gasteiger partial charge in [-0.1, -0.05) is 29.3 Å². The molecule has 0 unspecified atom stereocenters. The smallest absolute Gasteiger partial charge is 0.257 e. The highest BCUT2D eigenvalue weighted by molar-refractivity contribution is 6.18. The minimum atomic E-state index is -0.931. The van der Waals surface area contributed by atoms with E-state index in [1.807, 2.05) is 0 Å². The van der Waals surface area contributed by atoms with Gasteiger partial charge in [-0.2, -0.15) is 0 Å². The molecule has 1 heterocycles. The highest BCUT2D eigenvalue weighted by Gasteiger charge is 2.32. The second-order valence-electron chi connectivity index (χ2n) is 5.40. The first-order valence-corrected chi connectivity index (χ1v) is 7.48. The fraction of sp³-hybridized carbons (Fsp3) is 0.0625. The Balaban J connectivity index is 2.12. The van der Waals surface area contributed by atoms with E-state index < -0.39 is 29.4 Å². The van der Waals surface area contributed by atoms with E-state index in [1.54, 1.807) is 48.5 Å². The molecule has 0 spiro atoms. The first-order valence-electron chi connectivity index (χ1n) is 7.48. The molecule has 0 aliphatic carbocycles. The van der Waals surface area contributed by atoms with Crippen molar-refractivity contribution in [3.05, 3.63) is 64.2 Å². The van der Waals surface area contributed by atoms with Crippen LogP contribution in [0, 0.1) is 15.5 Å². The van der Waals surface area contributed by atoms with Crippen LogP contribution in [0.3, 0.4) is 0 Å². The molecule has 26 heavy (non-hydrogen) atoms. The van der Waals surface area contributed by atoms with Crippen LogP contribution in [-0.4, -0.2) is 34.4 Å². The summed E-state index contributed by atoms with van der Waals surface area (Å²) < 4.78 is 0. The zero-order valence-electron chi connectivity index (χ0n) is 13.4. The summed E-state index contributed by atoms with van der Waals surface area (Å²) in [4.78, 5) is 37.6. The average Bonchev–Trinajstić information content (AvgIpc) is 2.73. The minimum Gasteiger partial charge on any atom is -0.365 e. The normalized spacial score (nSPS) is 12.3. The van der Waals surface area contributed by atoms with E-state index in [2.05, 4.69) is 5.32 Å². The molecule has 10 nitrogen and oxygen atoms in total. The second-order valence-corrected chi connectivity index (χ2v) is 5.40. The number of guanidine groups is 1. The number of nitrogens with two attached hydrogens (primary N) is 1. The van der Waals surface area contributed by atoms with Crippen molar-refractivity contribution in [3.8, 4) is 0 Å². The van der Waals surface area contributed by atoms with E-state index in [0.717, 1.165) is 0 Å². The number of para-hydroxylation sites is 3. The van der Waals surface area contributed by atoms with Crippen molar-refractivity contribution in [2.45, 2.75) is 0 Å². The lowest BCUT2D eigenvalue weighted by Crippen LogP contribution is -2.47. The van der Waals surface area contributed by atoms with Crippen LogP contribution < -0.4 is 16.0 Å². The number of hydrogen-bond acceptors (Lipinski definition) is 5. The van der Waals surface area contributed by atoms with E-state index in [0.29, 0.717) is 11.4 Å². The lowest BCUT2D eigenvalue weighted by atomic mass is 10.1. The van der Waals surface area contributed by atoms with Gasteiger partial charge in [0.15, 0.2) is 11.6 Å². The van der Waals surface area contributed by atoms with Gasteiger partial charge in [-0.3, -0.25) is 19.9 Å². The number of nitrogens with zero attached hydrogens (tertiary/aromatic N) is 3. The Morgan fingerprint density at radius 1 is 1.19 bits per heavy atom. The maximum Gasteiger partial charge on any atom is 0.257 e. The van der Waals surface area contributed by atoms with E-state index in [4.69, 9.17) is 11.1 Å². The molecular weight excluding hydrogens is 340 g/mol. The Labute approximate surface area is 147 Å². The summed E-state index contributed by atoms with van der Waals surface area (Å²) in [7, 11) is 0. The van der Waals surface area contributed by atoms with Gasteiger partial charge < -0.3 is 11.1 Å². The minimum absolute atomic E-state index is 0.230. The van der Waals surface area contributed by atoms with Crippen molar-refractivity contribution < 1.29 is 14.6 Å². The molecule has 1 aliphatic rings. The van der Waals surface area contributed by atoms with E-state index in [9.17, 15) is 19.7 Å². The molecular formula is C16H14N6O4. The van der Waals surface area contributed by atoms with E-state index in [1.165, 1.54) is 4.90 Å². The van der Waals surface area contributed by atoms with Crippen LogP contribution in [0.5, 0.6) is 0 Å². The number of amides is 2. The first kappa shape index (κ1) is 16.9. The summed E-state index contributed by atoms with van der Waals surface area (Å²) in [6.07, 6.45) is 0. The topological polar surface area (TPSA) is 146 Å². The summed E-state index contributed by atoms with van der Waals surface area (Å²) >= 11 is 0. The standard InChI is InChI=1S/C16H14N6O4/c17-16(18)20(22(25)26)9-14(23)21-12-7-3-1-5-10(12)15(24)19-11-6-2-4-8-13(11)21/h1-8H,9H2,(H3,17,18)(H,19,24). The van der Waals surface area contributed by atoms with Crippen molar-refractivity contribution in [3.63, 3.8) is 0 Å². The Hall–Kier alpha value is -3.95. The second kappa shape index (κ2) is 6.51. The lowest BCUT2D eigenvalue weighted by Gasteiger charge is -2.24. The Morgan fingerprint density at radius 2 is 1.81 bits per heavy atom. The molecule has 0 saturated carbocycles. The number of hydrogen-bond donors (Lipinski definition) is 3. The Kier molecular flexibility index (Phi) is 4.23. The van der Waals surface area contributed by atoms with Crippen LogP contribution in [0.15, 0.2) is 48.5 Å². The van der Waals surface area contributed by atoms with Gasteiger partial charge in [0, 0.05) is 0 Å². The molecule has 3 rings (SSSR count). The quantitative estimate of drug-likeness (QED) is 0.328. The maximum atomic E-state index is 12.9. The predicted molar refractivity (Wildman–Crippen MR) is 93.6 cm³/mol. The molecule has 0 atom stereocenters. The largest absolute Gasteiger partial charge is 0.365 e. The SMILES string of the molecule is N=C(N)N(CC(=O)N1c2ccccc2NC(=O)c2ccccc21)[N+](=O)[O-]. The molecule has 2 amide bonds. The molecule has 4 N–H and O–H groups in total. The van der Waals surface area contributed by atoms with Crippen molar-refractivity contribution in [2.24, 2.45) is 5.73 Å². The molecule has 2 aromatic carbocycles. The highest BCUT2D eigenvalue weighted by atomic mass is 16.7. The third-order valence-corrected chi connectivity index (χ3v) is 3.79. The third-order valence-electron chi connectivity index (χ3n) is 3.79. The molecule has 0 aromatic heterocycles. The molecule has 0 bridgehead atoms. The number of carbonyl (C=O) groups excluding carboxylic acids is 2. The first-order chi connectivity index (χ1) is 12.4. The number of carbonyl (C=O) groups is 2. The third kappa shape index (κ3) is 2.90. The van der Waals surface area contributed by atoms with Gasteiger partial charge in [0.25, 0.3) is 17.8 Å². The van der Waals surface area contributed by atoms with Crippen molar-refractivity contribution in [1.29, 1.82) is 5.41 Å². The summed E-state index contributed by atoms with van der Waals surface area (Å²) in [6, 6.07) is 13.0. The number of benzene rings is 2. The van der Waals surface area contributed by atoms with Gasteiger partial charge in [0.1, 0.15) is 0 Å². The van der Waals surface area contributed by atoms with Crippen LogP contribution in [0.1, 0.15) is 10.4 Å². The van der Waals surface area contributed by atoms with E-state index >= 15 is 0 Å². The molecule has 2 aromatic rings. The van der Waals surface area contributed by atoms with Gasteiger partial charge in [-0.25, -0.2) is 10.1 Å². The molecule has 1 aliphatic heterocycles. The molecule has 0 radical (unpaired) electrons. The number of hydrazine groups is 1. The van der Waals surface area contributed by atoms with Crippen LogP contribution >= 0.6 is 0 Å². The fourth-order valence-corrected chi connectivity index (χ4v) is 2.65. The molecule has 10 heteroatoms. The van der Waals surface area contributed by atoms with Crippen LogP contribution in [0.2, 0.25) is 0 Å². The molecule has 132 valence electrons. The summed E-state index contributed by atoms with van der Waals surface area (Å²) in [5, 5.41) is 20.3. The van der Waals surface area contributed by atoms with Gasteiger partial charge in [0.05, 0.1) is 22.6 Å². The highest BCUT2D eigenvalue weighted by Crippen LogP contribution is 2.37. The van der Waals surface area contributed by atoms with Gasteiger partial charge in [-0.15, -0.1) is 0 Å². The number of nitrogens with one attached hydrogen (secondary N) is 2. The maximum absolute atomic E-state index is 12.9. The average molecular weight is 354 g/mol. The van der Waals surface area contributed by atoms with Crippen LogP contribution in [0.25, 0.3) is 0 Å². The molecule has 0 saturated heterocycles. The lowest BCUT2D eigenvalue weighted by molar-refractivity contribution is -0.627. The summed E-state index contributed by atoms with van der Waals surface area (Å²) in [5.74, 6) is -1.98.